The largest absolute Gasteiger partial charge is 0.494 e. The lowest BCUT2D eigenvalue weighted by Crippen LogP contribution is -2.53. The van der Waals surface area contributed by atoms with Gasteiger partial charge in [0, 0.05) is 76.1 Å². The number of nitrogens with one attached hydrogen (secondary N) is 3. The average Bonchev–Trinajstić information content (AvgIpc) is 3.97. The number of aliphatic hydroxyl groups excluding tert-OH is 1. The lowest BCUT2D eigenvalue weighted by Gasteiger charge is -2.43. The van der Waals surface area contributed by atoms with Crippen LogP contribution in [0.5, 0.6) is 5.75 Å². The van der Waals surface area contributed by atoms with Crippen molar-refractivity contribution in [3.05, 3.63) is 71.8 Å². The molecule has 3 aromatic rings. The van der Waals surface area contributed by atoms with Gasteiger partial charge >= 0.3 is 0 Å². The molecule has 4 N–H and O–H groups in total. The Hall–Kier alpha value is -3.97. The second kappa shape index (κ2) is 16.2. The smallest absolute Gasteiger partial charge is 0.247 e. The zero-order valence-electron chi connectivity index (χ0n) is 28.0. The van der Waals surface area contributed by atoms with Gasteiger partial charge in [-0.3, -0.25) is 14.6 Å². The predicted molar refractivity (Wildman–Crippen MR) is 193 cm³/mol. The number of piperazine rings is 1. The lowest BCUT2D eigenvalue weighted by atomic mass is 10.0. The quantitative estimate of drug-likeness (QED) is 0.166. The summed E-state index contributed by atoms with van der Waals surface area (Å²) < 4.78 is 19.9. The van der Waals surface area contributed by atoms with Crippen molar-refractivity contribution < 1.29 is 19.0 Å². The van der Waals surface area contributed by atoms with Gasteiger partial charge in [-0.25, -0.2) is 14.4 Å². The van der Waals surface area contributed by atoms with Gasteiger partial charge in [0.25, 0.3) is 0 Å². The molecule has 262 valence electrons. The third kappa shape index (κ3) is 8.80. The van der Waals surface area contributed by atoms with Crippen LogP contribution in [0.2, 0.25) is 5.02 Å². The minimum atomic E-state index is -0.485. The third-order valence-corrected chi connectivity index (χ3v) is 10.2. The van der Waals surface area contributed by atoms with Crippen molar-refractivity contribution in [3.8, 4) is 5.75 Å². The van der Waals surface area contributed by atoms with Crippen molar-refractivity contribution in [1.29, 1.82) is 0 Å². The first-order chi connectivity index (χ1) is 23.8. The fraction of sp³-hybridized carbons (Fsp3) is 0.472. The van der Waals surface area contributed by atoms with E-state index in [1.807, 2.05) is 12.1 Å². The van der Waals surface area contributed by atoms with E-state index in [2.05, 4.69) is 47.2 Å². The van der Waals surface area contributed by atoms with E-state index in [4.69, 9.17) is 16.3 Å². The molecule has 11 nitrogen and oxygen atoms in total. The number of halogens is 2. The Morgan fingerprint density at radius 3 is 2.39 bits per heavy atom. The van der Waals surface area contributed by atoms with Crippen LogP contribution in [0.1, 0.15) is 37.7 Å². The summed E-state index contributed by atoms with van der Waals surface area (Å²) in [6.45, 7) is 9.94. The first-order valence-electron chi connectivity index (χ1n) is 17.1. The fourth-order valence-corrected chi connectivity index (χ4v) is 7.17. The van der Waals surface area contributed by atoms with Crippen LogP contribution >= 0.6 is 11.6 Å². The van der Waals surface area contributed by atoms with Crippen LogP contribution in [-0.4, -0.2) is 102 Å². The van der Waals surface area contributed by atoms with E-state index in [1.165, 1.54) is 44.4 Å². The molecule has 1 saturated carbocycles. The predicted octanol–water partition coefficient (Wildman–Crippen LogP) is 5.30. The number of anilines is 5. The standard InChI is InChI=1S/C36H46ClFN8O3/c1-3-35(48)43-29-20-30(42-34-22-33(39-23-40-34)41-25(11-18-47)19-24-5-4-6-28(38)36(24)37)32(49-2)21-31(29)46-12-9-27(10-13-46)45-16-14-44(15-17-45)26-7-8-26/h3-6,20-23,25-27,47H,1,7-19H2,2H3,(H,43,48)(H2,39,40,41,42)/t25-/m1/s1. The van der Waals surface area contributed by atoms with E-state index in [0.717, 1.165) is 50.7 Å². The highest BCUT2D eigenvalue weighted by molar-refractivity contribution is 6.31. The van der Waals surface area contributed by atoms with Crippen molar-refractivity contribution >= 4 is 46.2 Å². The van der Waals surface area contributed by atoms with Gasteiger partial charge in [-0.15, -0.1) is 0 Å². The van der Waals surface area contributed by atoms with Gasteiger partial charge in [0.2, 0.25) is 5.91 Å². The van der Waals surface area contributed by atoms with E-state index < -0.39 is 5.82 Å². The number of aromatic nitrogens is 2. The molecule has 2 saturated heterocycles. The summed E-state index contributed by atoms with van der Waals surface area (Å²) in [5, 5.41) is 19.4. The number of aliphatic hydroxyl groups is 1. The maximum Gasteiger partial charge on any atom is 0.247 e. The van der Waals surface area contributed by atoms with Crippen molar-refractivity contribution in [2.45, 2.75) is 56.7 Å². The first kappa shape index (κ1) is 34.9. The number of methoxy groups -OCH3 is 1. The van der Waals surface area contributed by atoms with Gasteiger partial charge in [0.1, 0.15) is 29.5 Å². The Labute approximate surface area is 292 Å². The summed E-state index contributed by atoms with van der Waals surface area (Å²) >= 11 is 6.20. The highest BCUT2D eigenvalue weighted by Crippen LogP contribution is 2.40. The molecule has 2 aromatic carbocycles. The Morgan fingerprint density at radius 2 is 1.73 bits per heavy atom. The maximum absolute atomic E-state index is 14.1. The molecular weight excluding hydrogens is 647 g/mol. The molecule has 0 spiro atoms. The summed E-state index contributed by atoms with van der Waals surface area (Å²) in [5.74, 6) is 0.801. The van der Waals surface area contributed by atoms with Crippen molar-refractivity contribution in [2.75, 3.05) is 73.8 Å². The molecule has 0 radical (unpaired) electrons. The summed E-state index contributed by atoms with van der Waals surface area (Å²) in [5.41, 5.74) is 2.78. The van der Waals surface area contributed by atoms with Crippen LogP contribution in [-0.2, 0) is 11.2 Å². The number of carbonyl (C=O) groups is 1. The number of amides is 1. The van der Waals surface area contributed by atoms with E-state index in [-0.39, 0.29) is 23.6 Å². The second-order valence-electron chi connectivity index (χ2n) is 13.0. The molecule has 3 heterocycles. The Bertz CT molecular complexity index is 1610. The fourth-order valence-electron chi connectivity index (χ4n) is 6.96. The highest BCUT2D eigenvalue weighted by Gasteiger charge is 2.34. The Morgan fingerprint density at radius 1 is 1.04 bits per heavy atom. The maximum atomic E-state index is 14.1. The summed E-state index contributed by atoms with van der Waals surface area (Å²) in [6.07, 6.45) is 8.30. The number of rotatable bonds is 14. The van der Waals surface area contributed by atoms with Crippen LogP contribution in [0.25, 0.3) is 0 Å². The minimum absolute atomic E-state index is 0.0683. The van der Waals surface area contributed by atoms with Crippen LogP contribution < -0.4 is 25.6 Å². The van der Waals surface area contributed by atoms with Gasteiger partial charge in [-0.2, -0.15) is 0 Å². The molecule has 1 aromatic heterocycles. The molecule has 49 heavy (non-hydrogen) atoms. The number of hydrogen-bond acceptors (Lipinski definition) is 10. The topological polar surface area (TPSA) is 118 Å². The summed E-state index contributed by atoms with van der Waals surface area (Å²) in [7, 11) is 1.61. The number of hydrogen-bond donors (Lipinski definition) is 4. The highest BCUT2D eigenvalue weighted by atomic mass is 35.5. The zero-order chi connectivity index (χ0) is 34.3. The molecule has 3 fully saturated rings. The Balaban J connectivity index is 1.16. The van der Waals surface area contributed by atoms with Crippen molar-refractivity contribution in [1.82, 2.24) is 19.8 Å². The molecule has 3 aliphatic rings. The number of carbonyl (C=O) groups excluding carboxylic acids is 1. The van der Waals surface area contributed by atoms with Crippen LogP contribution in [0.15, 0.2) is 55.4 Å². The van der Waals surface area contributed by atoms with Gasteiger partial charge in [0.15, 0.2) is 0 Å². The van der Waals surface area contributed by atoms with E-state index in [0.29, 0.717) is 53.2 Å². The molecule has 6 rings (SSSR count). The van der Waals surface area contributed by atoms with Gasteiger partial charge in [0.05, 0.1) is 29.2 Å². The van der Waals surface area contributed by atoms with Crippen LogP contribution in [0.4, 0.5) is 33.1 Å². The average molecular weight is 693 g/mol. The first-order valence-corrected chi connectivity index (χ1v) is 17.5. The zero-order valence-corrected chi connectivity index (χ0v) is 28.8. The number of benzene rings is 2. The molecule has 13 heteroatoms. The van der Waals surface area contributed by atoms with E-state index >= 15 is 0 Å². The third-order valence-electron chi connectivity index (χ3n) is 9.75. The number of piperidine rings is 1. The van der Waals surface area contributed by atoms with Gasteiger partial charge in [-0.05, 0) is 62.3 Å². The number of ether oxygens (including phenoxy) is 1. The van der Waals surface area contributed by atoms with E-state index in [9.17, 15) is 14.3 Å². The SMILES string of the molecule is C=CC(=O)Nc1cc(Nc2cc(N[C@H](CCO)Cc3cccc(F)c3Cl)ncn2)c(OC)cc1N1CCC(N2CCN(C3CC3)CC2)CC1. The van der Waals surface area contributed by atoms with Gasteiger partial charge < -0.3 is 30.7 Å². The van der Waals surface area contributed by atoms with Crippen LogP contribution in [0.3, 0.4) is 0 Å². The molecule has 0 bridgehead atoms. The normalized spacial score (nSPS) is 18.2. The molecule has 1 amide bonds. The number of nitrogens with zero attached hydrogens (tertiary/aromatic N) is 5. The molecule has 1 atom stereocenters. The molecule has 2 aliphatic heterocycles. The summed E-state index contributed by atoms with van der Waals surface area (Å²) in [4.78, 5) is 29.0. The minimum Gasteiger partial charge on any atom is -0.494 e. The van der Waals surface area contributed by atoms with Crippen molar-refractivity contribution in [2.24, 2.45) is 0 Å². The summed E-state index contributed by atoms with van der Waals surface area (Å²) in [6, 6.07) is 11.4. The van der Waals surface area contributed by atoms with E-state index in [1.54, 1.807) is 25.3 Å². The molecule has 0 unspecified atom stereocenters. The second-order valence-corrected chi connectivity index (χ2v) is 13.3. The van der Waals surface area contributed by atoms with Crippen LogP contribution in [0, 0.1) is 5.82 Å². The van der Waals surface area contributed by atoms with Crippen molar-refractivity contribution in [3.63, 3.8) is 0 Å². The van der Waals surface area contributed by atoms with Gasteiger partial charge in [-0.1, -0.05) is 30.3 Å². The molecule has 1 aliphatic carbocycles. The monoisotopic (exact) mass is 692 g/mol. The Kier molecular flexibility index (Phi) is 11.5. The molecular formula is C36H46ClFN8O3. The lowest BCUT2D eigenvalue weighted by molar-refractivity contribution is -0.111.